The summed E-state index contributed by atoms with van der Waals surface area (Å²) in [4.78, 5) is 0. The Balaban J connectivity index is 2.96. The van der Waals surface area contributed by atoms with Crippen LogP contribution in [0.5, 0.6) is 0 Å². The van der Waals surface area contributed by atoms with E-state index in [-0.39, 0.29) is 0 Å². The van der Waals surface area contributed by atoms with Crippen molar-refractivity contribution in [3.8, 4) is 0 Å². The lowest BCUT2D eigenvalue weighted by Gasteiger charge is -2.02. The van der Waals surface area contributed by atoms with Gasteiger partial charge in [-0.3, -0.25) is 0 Å². The number of rotatable bonds is 12. The topological polar surface area (TPSA) is 9.23 Å². The zero-order chi connectivity index (χ0) is 12.8. The van der Waals surface area contributed by atoms with E-state index in [0.717, 1.165) is 19.1 Å². The Kier molecular flexibility index (Phi) is 13.6. The van der Waals surface area contributed by atoms with E-state index in [9.17, 15) is 4.39 Å². The molecule has 0 aromatic rings. The van der Waals surface area contributed by atoms with Crippen molar-refractivity contribution in [3.05, 3.63) is 11.5 Å². The van der Waals surface area contributed by atoms with Gasteiger partial charge < -0.3 is 4.74 Å². The largest absolute Gasteiger partial charge is 0.497 e. The summed E-state index contributed by atoms with van der Waals surface area (Å²) in [6.45, 7) is 2.81. The van der Waals surface area contributed by atoms with Gasteiger partial charge in [0.1, 0.15) is 6.26 Å². The highest BCUT2D eigenvalue weighted by Crippen LogP contribution is 2.10. The van der Waals surface area contributed by atoms with Crippen LogP contribution in [-0.2, 0) is 4.74 Å². The van der Waals surface area contributed by atoms with Gasteiger partial charge in [0.2, 0.25) is 5.29 Å². The highest BCUT2D eigenvalue weighted by molar-refractivity contribution is 6.27. The highest BCUT2D eigenvalue weighted by Gasteiger charge is 1.93. The van der Waals surface area contributed by atoms with Crippen LogP contribution in [0.25, 0.3) is 0 Å². The first kappa shape index (κ1) is 16.8. The van der Waals surface area contributed by atoms with Crippen LogP contribution in [0.1, 0.15) is 71.1 Å². The second kappa shape index (κ2) is 13.8. The van der Waals surface area contributed by atoms with Crippen LogP contribution in [0, 0.1) is 0 Å². The Bertz CT molecular complexity index is 179. The van der Waals surface area contributed by atoms with Crippen molar-refractivity contribution < 1.29 is 9.13 Å². The summed E-state index contributed by atoms with van der Waals surface area (Å²) in [6.07, 6.45) is 13.9. The standard InChI is InChI=1S/C14H26ClFO/c1-2-3-4-5-6-7-8-9-10-11-12-17-13-14(15)16/h13H,2-12H2,1H3/b14-13-. The summed E-state index contributed by atoms with van der Waals surface area (Å²) in [5, 5.41) is -0.780. The molecular weight excluding hydrogens is 239 g/mol. The Morgan fingerprint density at radius 2 is 1.41 bits per heavy atom. The normalized spacial score (nSPS) is 11.8. The van der Waals surface area contributed by atoms with Crippen molar-refractivity contribution in [1.29, 1.82) is 0 Å². The van der Waals surface area contributed by atoms with Crippen molar-refractivity contribution in [2.45, 2.75) is 71.1 Å². The fourth-order valence-corrected chi connectivity index (χ4v) is 1.86. The van der Waals surface area contributed by atoms with Crippen molar-refractivity contribution in [3.63, 3.8) is 0 Å². The maximum Gasteiger partial charge on any atom is 0.223 e. The van der Waals surface area contributed by atoms with Gasteiger partial charge in [-0.1, -0.05) is 64.7 Å². The fraction of sp³-hybridized carbons (Fsp3) is 0.857. The lowest BCUT2D eigenvalue weighted by atomic mass is 10.1. The average molecular weight is 265 g/mol. The van der Waals surface area contributed by atoms with Gasteiger partial charge in [-0.25, -0.2) is 0 Å². The molecule has 0 fully saturated rings. The molecule has 0 aromatic carbocycles. The minimum Gasteiger partial charge on any atom is -0.497 e. The minimum atomic E-state index is -0.780. The third kappa shape index (κ3) is 15.8. The van der Waals surface area contributed by atoms with E-state index in [1.54, 1.807) is 0 Å². The minimum absolute atomic E-state index is 0.566. The molecule has 0 N–H and O–H groups in total. The van der Waals surface area contributed by atoms with Crippen LogP contribution in [0.3, 0.4) is 0 Å². The van der Waals surface area contributed by atoms with Crippen molar-refractivity contribution in [2.75, 3.05) is 6.61 Å². The van der Waals surface area contributed by atoms with Gasteiger partial charge in [0.05, 0.1) is 6.61 Å². The molecule has 0 saturated heterocycles. The van der Waals surface area contributed by atoms with Gasteiger partial charge in [-0.15, -0.1) is 0 Å². The van der Waals surface area contributed by atoms with Crippen LogP contribution in [0.15, 0.2) is 11.5 Å². The number of hydrogen-bond acceptors (Lipinski definition) is 1. The van der Waals surface area contributed by atoms with E-state index in [4.69, 9.17) is 16.3 Å². The molecule has 0 atom stereocenters. The van der Waals surface area contributed by atoms with Gasteiger partial charge in [-0.2, -0.15) is 4.39 Å². The van der Waals surface area contributed by atoms with Gasteiger partial charge in [0.25, 0.3) is 0 Å². The van der Waals surface area contributed by atoms with E-state index in [1.807, 2.05) is 0 Å². The fourth-order valence-electron chi connectivity index (χ4n) is 1.79. The number of halogens is 2. The first-order valence-corrected chi connectivity index (χ1v) is 7.28. The van der Waals surface area contributed by atoms with Gasteiger partial charge >= 0.3 is 0 Å². The second-order valence-electron chi connectivity index (χ2n) is 4.46. The lowest BCUT2D eigenvalue weighted by molar-refractivity contribution is 0.234. The molecular formula is C14H26ClFO. The predicted molar refractivity (Wildman–Crippen MR) is 72.8 cm³/mol. The summed E-state index contributed by atoms with van der Waals surface area (Å²) in [5.41, 5.74) is 0. The molecule has 0 radical (unpaired) electrons. The predicted octanol–water partition coefficient (Wildman–Crippen LogP) is 5.93. The maximum absolute atomic E-state index is 12.0. The van der Waals surface area contributed by atoms with Crippen molar-refractivity contribution >= 4 is 11.6 Å². The summed E-state index contributed by atoms with van der Waals surface area (Å²) in [7, 11) is 0. The SMILES string of the molecule is CCCCCCCCCCCCO/C=C(\F)Cl. The lowest BCUT2D eigenvalue weighted by Crippen LogP contribution is -1.88. The van der Waals surface area contributed by atoms with Crippen molar-refractivity contribution in [1.82, 2.24) is 0 Å². The van der Waals surface area contributed by atoms with E-state index in [2.05, 4.69) is 6.92 Å². The quantitative estimate of drug-likeness (QED) is 0.313. The molecule has 0 aromatic heterocycles. The van der Waals surface area contributed by atoms with Crippen LogP contribution in [-0.4, -0.2) is 6.61 Å². The molecule has 3 heteroatoms. The third-order valence-electron chi connectivity index (χ3n) is 2.79. The first-order valence-electron chi connectivity index (χ1n) is 6.90. The summed E-state index contributed by atoms with van der Waals surface area (Å²) < 4.78 is 16.9. The molecule has 0 amide bonds. The third-order valence-corrected chi connectivity index (χ3v) is 2.88. The Morgan fingerprint density at radius 3 is 1.88 bits per heavy atom. The Labute approximate surface area is 110 Å². The van der Waals surface area contributed by atoms with E-state index < -0.39 is 5.29 Å². The molecule has 0 aliphatic rings. The molecule has 0 saturated carbocycles. The highest BCUT2D eigenvalue weighted by atomic mass is 35.5. The van der Waals surface area contributed by atoms with Gasteiger partial charge in [-0.05, 0) is 18.0 Å². The molecule has 1 nitrogen and oxygen atoms in total. The first-order chi connectivity index (χ1) is 8.27. The molecule has 0 heterocycles. The number of ether oxygens (including phenoxy) is 1. The molecule has 17 heavy (non-hydrogen) atoms. The smallest absolute Gasteiger partial charge is 0.223 e. The van der Waals surface area contributed by atoms with Crippen molar-refractivity contribution in [2.24, 2.45) is 0 Å². The molecule has 0 rings (SSSR count). The van der Waals surface area contributed by atoms with Gasteiger partial charge in [0, 0.05) is 0 Å². The summed E-state index contributed by atoms with van der Waals surface area (Å²) in [6, 6.07) is 0. The van der Waals surface area contributed by atoms with Crippen LogP contribution < -0.4 is 0 Å². The van der Waals surface area contributed by atoms with Crippen LogP contribution in [0.2, 0.25) is 0 Å². The zero-order valence-electron chi connectivity index (χ0n) is 11.0. The van der Waals surface area contributed by atoms with E-state index in [0.29, 0.717) is 6.61 Å². The molecule has 0 spiro atoms. The monoisotopic (exact) mass is 264 g/mol. The molecule has 0 aliphatic heterocycles. The molecule has 0 bridgehead atoms. The maximum atomic E-state index is 12.0. The zero-order valence-corrected chi connectivity index (χ0v) is 11.8. The Morgan fingerprint density at radius 1 is 0.941 bits per heavy atom. The second-order valence-corrected chi connectivity index (χ2v) is 4.82. The van der Waals surface area contributed by atoms with E-state index >= 15 is 0 Å². The van der Waals surface area contributed by atoms with Crippen LogP contribution >= 0.6 is 11.6 Å². The summed E-state index contributed by atoms with van der Waals surface area (Å²) >= 11 is 4.98. The number of unbranched alkanes of at least 4 members (excludes halogenated alkanes) is 9. The van der Waals surface area contributed by atoms with Crippen LogP contribution in [0.4, 0.5) is 4.39 Å². The van der Waals surface area contributed by atoms with Gasteiger partial charge in [0.15, 0.2) is 0 Å². The molecule has 102 valence electrons. The average Bonchev–Trinajstić information content (AvgIpc) is 2.30. The molecule has 0 unspecified atom stereocenters. The summed E-state index contributed by atoms with van der Waals surface area (Å²) in [5.74, 6) is 0. The van der Waals surface area contributed by atoms with E-state index in [1.165, 1.54) is 51.4 Å². The molecule has 0 aliphatic carbocycles. The Hall–Kier alpha value is -0.240. The number of hydrogen-bond donors (Lipinski definition) is 0.